The van der Waals surface area contributed by atoms with Crippen molar-refractivity contribution in [3.8, 4) is 0 Å². The van der Waals surface area contributed by atoms with Crippen molar-refractivity contribution in [2.24, 2.45) is 12.5 Å². The summed E-state index contributed by atoms with van der Waals surface area (Å²) in [5.74, 6) is 0.473. The molecule has 0 spiro atoms. The second-order valence-corrected chi connectivity index (χ2v) is 6.97. The van der Waals surface area contributed by atoms with Gasteiger partial charge in [-0.05, 0) is 34.2 Å². The van der Waals surface area contributed by atoms with E-state index in [-0.39, 0.29) is 15.0 Å². The Morgan fingerprint density at radius 3 is 2.65 bits per heavy atom. The van der Waals surface area contributed by atoms with E-state index < -0.39 is 10.0 Å². The van der Waals surface area contributed by atoms with Crippen LogP contribution < -0.4 is 4.72 Å². The Bertz CT molecular complexity index is 506. The molecule has 0 radical (unpaired) electrons. The molecule has 1 aliphatic rings. The molecule has 0 bridgehead atoms. The van der Waals surface area contributed by atoms with Crippen LogP contribution >= 0.6 is 27.5 Å². The number of hydrogen-bond donors (Lipinski definition) is 1. The monoisotopic (exact) mass is 342 g/mol. The molecular formula is C8H12BrClN4O2S. The largest absolute Gasteiger partial charge is 0.260 e. The predicted molar refractivity (Wildman–Crippen MR) is 66.3 cm³/mol. The third-order valence-electron chi connectivity index (χ3n) is 2.87. The van der Waals surface area contributed by atoms with Crippen LogP contribution in [0.3, 0.4) is 0 Å². The number of nitrogens with one attached hydrogen (secondary N) is 1. The van der Waals surface area contributed by atoms with Crippen LogP contribution in [0.2, 0.25) is 0 Å². The van der Waals surface area contributed by atoms with Gasteiger partial charge in [0, 0.05) is 19.5 Å². The molecule has 0 atom stereocenters. The molecule has 0 amide bonds. The fourth-order valence-electron chi connectivity index (χ4n) is 1.46. The SMILES string of the molecule is Cn1nnc(Br)c1S(=O)(=O)NCC1(CCl)CC1. The second-order valence-electron chi connectivity index (χ2n) is 4.27. The molecule has 6 nitrogen and oxygen atoms in total. The zero-order valence-corrected chi connectivity index (χ0v) is 12.3. The summed E-state index contributed by atoms with van der Waals surface area (Å²) in [5, 5.41) is 7.31. The van der Waals surface area contributed by atoms with Crippen molar-refractivity contribution < 1.29 is 8.42 Å². The van der Waals surface area contributed by atoms with E-state index in [2.05, 4.69) is 31.0 Å². The summed E-state index contributed by atoms with van der Waals surface area (Å²) >= 11 is 8.86. The minimum atomic E-state index is -3.60. The first-order valence-corrected chi connectivity index (χ1v) is 7.82. The summed E-state index contributed by atoms with van der Waals surface area (Å²) in [6, 6.07) is 0. The van der Waals surface area contributed by atoms with Crippen LogP contribution in [-0.2, 0) is 17.1 Å². The lowest BCUT2D eigenvalue weighted by Gasteiger charge is -2.12. The molecule has 0 unspecified atom stereocenters. The molecular weight excluding hydrogens is 332 g/mol. The van der Waals surface area contributed by atoms with Crippen molar-refractivity contribution in [1.29, 1.82) is 0 Å². The Labute approximate surface area is 113 Å². The second kappa shape index (κ2) is 4.49. The van der Waals surface area contributed by atoms with E-state index in [1.54, 1.807) is 0 Å². The molecule has 0 aromatic carbocycles. The smallest absolute Gasteiger partial charge is 0.235 e. The van der Waals surface area contributed by atoms with Gasteiger partial charge in [0.1, 0.15) is 0 Å². The van der Waals surface area contributed by atoms with Gasteiger partial charge in [-0.15, -0.1) is 16.7 Å². The topological polar surface area (TPSA) is 76.9 Å². The van der Waals surface area contributed by atoms with Crippen molar-refractivity contribution >= 4 is 37.6 Å². The van der Waals surface area contributed by atoms with Crippen LogP contribution in [0, 0.1) is 5.41 Å². The maximum absolute atomic E-state index is 12.0. The van der Waals surface area contributed by atoms with Crippen molar-refractivity contribution in [3.05, 3.63) is 4.60 Å². The number of hydrogen-bond acceptors (Lipinski definition) is 4. The highest BCUT2D eigenvalue weighted by molar-refractivity contribution is 9.10. The minimum Gasteiger partial charge on any atom is -0.235 e. The lowest BCUT2D eigenvalue weighted by molar-refractivity contribution is 0.524. The Kier molecular flexibility index (Phi) is 3.50. The average molecular weight is 344 g/mol. The lowest BCUT2D eigenvalue weighted by atomic mass is 10.1. The normalized spacial score (nSPS) is 18.3. The predicted octanol–water partition coefficient (Wildman–Crippen LogP) is 0.875. The summed E-state index contributed by atoms with van der Waals surface area (Å²) in [7, 11) is -2.07. The minimum absolute atomic E-state index is 0.0304. The number of halogens is 2. The standard InChI is InChI=1S/C8H12BrClN4O2S/c1-14-7(6(9)12-13-14)17(15,16)11-5-8(4-10)2-3-8/h11H,2-5H2,1H3. The zero-order chi connectivity index (χ0) is 12.7. The Morgan fingerprint density at radius 1 is 1.59 bits per heavy atom. The van der Waals surface area contributed by atoms with Gasteiger partial charge in [-0.2, -0.15) is 0 Å². The van der Waals surface area contributed by atoms with Crippen LogP contribution in [0.5, 0.6) is 0 Å². The van der Waals surface area contributed by atoms with Gasteiger partial charge in [0.25, 0.3) is 10.0 Å². The molecule has 1 N–H and O–H groups in total. The van der Waals surface area contributed by atoms with Crippen LogP contribution in [-0.4, -0.2) is 35.8 Å². The molecule has 1 saturated carbocycles. The van der Waals surface area contributed by atoms with E-state index in [0.29, 0.717) is 12.4 Å². The number of alkyl halides is 1. The number of sulfonamides is 1. The first kappa shape index (κ1) is 13.3. The van der Waals surface area contributed by atoms with Gasteiger partial charge in [-0.3, -0.25) is 0 Å². The van der Waals surface area contributed by atoms with Crippen LogP contribution in [0.1, 0.15) is 12.8 Å². The first-order chi connectivity index (χ1) is 7.90. The van der Waals surface area contributed by atoms with Gasteiger partial charge >= 0.3 is 0 Å². The number of aryl methyl sites for hydroxylation is 1. The quantitative estimate of drug-likeness (QED) is 0.805. The van der Waals surface area contributed by atoms with E-state index in [1.165, 1.54) is 11.7 Å². The third kappa shape index (κ3) is 2.64. The molecule has 1 aromatic rings. The van der Waals surface area contributed by atoms with E-state index in [9.17, 15) is 8.42 Å². The van der Waals surface area contributed by atoms with Crippen molar-refractivity contribution in [3.63, 3.8) is 0 Å². The Balaban J connectivity index is 2.15. The molecule has 96 valence electrons. The fraction of sp³-hybridized carbons (Fsp3) is 0.750. The van der Waals surface area contributed by atoms with Crippen LogP contribution in [0.15, 0.2) is 9.63 Å². The van der Waals surface area contributed by atoms with E-state index >= 15 is 0 Å². The summed E-state index contributed by atoms with van der Waals surface area (Å²) in [6.07, 6.45) is 1.92. The van der Waals surface area contributed by atoms with Crippen molar-refractivity contribution in [2.75, 3.05) is 12.4 Å². The van der Waals surface area contributed by atoms with Gasteiger partial charge in [0.2, 0.25) is 5.03 Å². The van der Waals surface area contributed by atoms with Gasteiger partial charge < -0.3 is 0 Å². The van der Waals surface area contributed by atoms with Crippen molar-refractivity contribution in [2.45, 2.75) is 17.9 Å². The molecule has 9 heteroatoms. The summed E-state index contributed by atoms with van der Waals surface area (Å²) in [6.45, 7) is 0.358. The fourth-order valence-corrected chi connectivity index (χ4v) is 4.07. The number of nitrogens with zero attached hydrogens (tertiary/aromatic N) is 3. The highest BCUT2D eigenvalue weighted by Crippen LogP contribution is 2.46. The van der Waals surface area contributed by atoms with Gasteiger partial charge in [0.05, 0.1) is 0 Å². The Hall–Kier alpha value is -0.180. The molecule has 1 aromatic heterocycles. The van der Waals surface area contributed by atoms with Crippen LogP contribution in [0.25, 0.3) is 0 Å². The average Bonchev–Trinajstić information content (AvgIpc) is 2.97. The maximum Gasteiger partial charge on any atom is 0.260 e. The van der Waals surface area contributed by atoms with Gasteiger partial charge in [-0.25, -0.2) is 17.8 Å². The van der Waals surface area contributed by atoms with E-state index in [4.69, 9.17) is 11.6 Å². The maximum atomic E-state index is 12.0. The highest BCUT2D eigenvalue weighted by Gasteiger charge is 2.42. The molecule has 1 aliphatic carbocycles. The van der Waals surface area contributed by atoms with Crippen molar-refractivity contribution in [1.82, 2.24) is 19.7 Å². The highest BCUT2D eigenvalue weighted by atomic mass is 79.9. The van der Waals surface area contributed by atoms with E-state index in [1.807, 2.05) is 0 Å². The van der Waals surface area contributed by atoms with Gasteiger partial charge in [0.15, 0.2) is 4.60 Å². The molecule has 0 saturated heterocycles. The molecule has 0 aliphatic heterocycles. The summed E-state index contributed by atoms with van der Waals surface area (Å²) in [5.41, 5.74) is -0.0624. The summed E-state index contributed by atoms with van der Waals surface area (Å²) in [4.78, 5) is 0. The zero-order valence-electron chi connectivity index (χ0n) is 9.15. The summed E-state index contributed by atoms with van der Waals surface area (Å²) < 4.78 is 28.1. The molecule has 17 heavy (non-hydrogen) atoms. The number of rotatable bonds is 5. The molecule has 2 rings (SSSR count). The third-order valence-corrected chi connectivity index (χ3v) is 5.72. The van der Waals surface area contributed by atoms with Gasteiger partial charge in [-0.1, -0.05) is 5.21 Å². The lowest BCUT2D eigenvalue weighted by Crippen LogP contribution is -2.32. The first-order valence-electron chi connectivity index (χ1n) is 5.01. The molecule has 1 heterocycles. The van der Waals surface area contributed by atoms with Crippen LogP contribution in [0.4, 0.5) is 0 Å². The Morgan fingerprint density at radius 2 is 2.24 bits per heavy atom. The number of aromatic nitrogens is 3. The van der Waals surface area contributed by atoms with E-state index in [0.717, 1.165) is 12.8 Å². The molecule has 1 fully saturated rings.